The molecule has 1 aromatic heterocycles. The summed E-state index contributed by atoms with van der Waals surface area (Å²) in [5.74, 6) is 2.29. The lowest BCUT2D eigenvalue weighted by Gasteiger charge is -2.59. The normalized spacial score (nSPS) is 25.6. The van der Waals surface area contributed by atoms with Gasteiger partial charge in [-0.1, -0.05) is 13.8 Å². The van der Waals surface area contributed by atoms with E-state index in [2.05, 4.69) is 48.3 Å². The van der Waals surface area contributed by atoms with Gasteiger partial charge in [-0.05, 0) is 34.1 Å². The van der Waals surface area contributed by atoms with Crippen molar-refractivity contribution in [2.45, 2.75) is 66.2 Å². The van der Waals surface area contributed by atoms with Gasteiger partial charge in [0, 0.05) is 25.1 Å². The van der Waals surface area contributed by atoms with Gasteiger partial charge in [0.25, 0.3) is 0 Å². The molecular formula is C17H31IN4O2. The molecule has 24 heavy (non-hydrogen) atoms. The van der Waals surface area contributed by atoms with Gasteiger partial charge in [0.2, 0.25) is 5.89 Å². The van der Waals surface area contributed by atoms with E-state index >= 15 is 0 Å². The summed E-state index contributed by atoms with van der Waals surface area (Å²) < 4.78 is 11.3. The Labute approximate surface area is 162 Å². The van der Waals surface area contributed by atoms with Crippen molar-refractivity contribution in [2.75, 3.05) is 13.7 Å². The SMILES string of the molecule is CCNC(=NCc1nc(C)c(C)o1)NC1CC(C)(OC)C1(C)C.I. The molecule has 0 saturated heterocycles. The highest BCUT2D eigenvalue weighted by Gasteiger charge is 2.58. The quantitative estimate of drug-likeness (QED) is 0.410. The van der Waals surface area contributed by atoms with Crippen LogP contribution < -0.4 is 10.6 Å². The molecule has 0 radical (unpaired) electrons. The fraction of sp³-hybridized carbons (Fsp3) is 0.765. The highest BCUT2D eigenvalue weighted by molar-refractivity contribution is 14.0. The molecule has 7 heteroatoms. The summed E-state index contributed by atoms with van der Waals surface area (Å²) in [6, 6.07) is 0.318. The zero-order chi connectivity index (χ0) is 17.3. The topological polar surface area (TPSA) is 71.7 Å². The van der Waals surface area contributed by atoms with Gasteiger partial charge in [-0.3, -0.25) is 0 Å². The maximum Gasteiger partial charge on any atom is 0.216 e. The first-order valence-electron chi connectivity index (χ1n) is 8.26. The Hall–Kier alpha value is -0.830. The summed E-state index contributed by atoms with van der Waals surface area (Å²) in [6.07, 6.45) is 0.956. The molecule has 6 nitrogen and oxygen atoms in total. The number of nitrogens with zero attached hydrogens (tertiary/aromatic N) is 2. The van der Waals surface area contributed by atoms with Gasteiger partial charge in [-0.15, -0.1) is 24.0 Å². The standard InChI is InChI=1S/C17H30N4O2.HI/c1-8-18-15(19-10-14-20-11(2)12(3)23-14)21-13-9-17(6,22-7)16(13,4)5;/h13H,8-10H2,1-7H3,(H2,18,19,21);1H. The first-order chi connectivity index (χ1) is 10.7. The summed E-state index contributed by atoms with van der Waals surface area (Å²) >= 11 is 0. The monoisotopic (exact) mass is 450 g/mol. The van der Waals surface area contributed by atoms with Gasteiger partial charge in [0.05, 0.1) is 11.3 Å². The fourth-order valence-corrected chi connectivity index (χ4v) is 2.96. The number of hydrogen-bond acceptors (Lipinski definition) is 4. The van der Waals surface area contributed by atoms with Crippen molar-refractivity contribution in [1.82, 2.24) is 15.6 Å². The van der Waals surface area contributed by atoms with Crippen LogP contribution in [0.25, 0.3) is 0 Å². The number of oxazole rings is 1. The van der Waals surface area contributed by atoms with Gasteiger partial charge in [0.15, 0.2) is 5.96 Å². The number of aliphatic imine (C=N–C) groups is 1. The predicted molar refractivity (Wildman–Crippen MR) is 107 cm³/mol. The number of nitrogens with one attached hydrogen (secondary N) is 2. The second kappa shape index (κ2) is 8.03. The zero-order valence-electron chi connectivity index (χ0n) is 15.8. The number of ether oxygens (including phenoxy) is 1. The third-order valence-electron chi connectivity index (χ3n) is 5.38. The zero-order valence-corrected chi connectivity index (χ0v) is 18.1. The highest BCUT2D eigenvalue weighted by atomic mass is 127. The summed E-state index contributed by atoms with van der Waals surface area (Å²) in [6.45, 7) is 13.8. The number of rotatable bonds is 5. The van der Waals surface area contributed by atoms with E-state index in [1.807, 2.05) is 13.8 Å². The van der Waals surface area contributed by atoms with Gasteiger partial charge in [-0.2, -0.15) is 0 Å². The molecule has 1 aliphatic rings. The number of aromatic nitrogens is 1. The van der Waals surface area contributed by atoms with E-state index in [0.717, 1.165) is 30.4 Å². The average Bonchev–Trinajstić information content (AvgIpc) is 2.82. The third kappa shape index (κ3) is 4.04. The molecule has 0 amide bonds. The van der Waals surface area contributed by atoms with E-state index in [1.165, 1.54) is 0 Å². The van der Waals surface area contributed by atoms with Crippen molar-refractivity contribution in [3.05, 3.63) is 17.3 Å². The third-order valence-corrected chi connectivity index (χ3v) is 5.38. The van der Waals surface area contributed by atoms with Gasteiger partial charge >= 0.3 is 0 Å². The Bertz CT molecular complexity index is 566. The molecule has 2 N–H and O–H groups in total. The highest BCUT2D eigenvalue weighted by Crippen LogP contribution is 2.51. The Morgan fingerprint density at radius 1 is 1.38 bits per heavy atom. The molecule has 1 aromatic rings. The number of halogens is 1. The number of hydrogen-bond donors (Lipinski definition) is 2. The van der Waals surface area contributed by atoms with Gasteiger partial charge < -0.3 is 19.8 Å². The fourth-order valence-electron chi connectivity index (χ4n) is 2.96. The summed E-state index contributed by atoms with van der Waals surface area (Å²) in [5.41, 5.74) is 0.858. The van der Waals surface area contributed by atoms with E-state index < -0.39 is 0 Å². The minimum Gasteiger partial charge on any atom is -0.444 e. The minimum absolute atomic E-state index is 0. The number of aryl methyl sites for hydroxylation is 2. The molecule has 2 atom stereocenters. The Morgan fingerprint density at radius 3 is 2.50 bits per heavy atom. The first kappa shape index (κ1) is 21.2. The van der Waals surface area contributed by atoms with Crippen LogP contribution in [0.4, 0.5) is 0 Å². The Kier molecular flexibility index (Phi) is 7.10. The average molecular weight is 450 g/mol. The largest absolute Gasteiger partial charge is 0.444 e. The molecule has 2 rings (SSSR count). The van der Waals surface area contributed by atoms with Crippen molar-refractivity contribution in [2.24, 2.45) is 10.4 Å². The van der Waals surface area contributed by atoms with E-state index in [9.17, 15) is 0 Å². The molecular weight excluding hydrogens is 419 g/mol. The van der Waals surface area contributed by atoms with Crippen LogP contribution in [0.15, 0.2) is 9.41 Å². The summed E-state index contributed by atoms with van der Waals surface area (Å²) in [4.78, 5) is 8.97. The van der Waals surface area contributed by atoms with Crippen molar-refractivity contribution in [3.8, 4) is 0 Å². The number of methoxy groups -OCH3 is 1. The molecule has 1 heterocycles. The van der Waals surface area contributed by atoms with Crippen molar-refractivity contribution >= 4 is 29.9 Å². The molecule has 0 bridgehead atoms. The van der Waals surface area contributed by atoms with Crippen LogP contribution >= 0.6 is 24.0 Å². The first-order valence-corrected chi connectivity index (χ1v) is 8.26. The van der Waals surface area contributed by atoms with Gasteiger partial charge in [0.1, 0.15) is 12.3 Å². The molecule has 0 aromatic carbocycles. The van der Waals surface area contributed by atoms with Crippen LogP contribution in [0.1, 0.15) is 51.5 Å². The van der Waals surface area contributed by atoms with E-state index in [1.54, 1.807) is 7.11 Å². The lowest BCUT2D eigenvalue weighted by atomic mass is 9.56. The summed E-state index contributed by atoms with van der Waals surface area (Å²) in [7, 11) is 1.78. The van der Waals surface area contributed by atoms with E-state index in [4.69, 9.17) is 9.15 Å². The minimum atomic E-state index is -0.0984. The van der Waals surface area contributed by atoms with Crippen LogP contribution in [0, 0.1) is 19.3 Å². The van der Waals surface area contributed by atoms with Gasteiger partial charge in [-0.25, -0.2) is 9.98 Å². The molecule has 1 fully saturated rings. The lowest BCUT2D eigenvalue weighted by molar-refractivity contribution is -0.176. The maximum absolute atomic E-state index is 5.68. The van der Waals surface area contributed by atoms with Crippen molar-refractivity contribution in [3.63, 3.8) is 0 Å². The van der Waals surface area contributed by atoms with Crippen LogP contribution in [-0.2, 0) is 11.3 Å². The maximum atomic E-state index is 5.68. The van der Waals surface area contributed by atoms with Crippen LogP contribution in [0.5, 0.6) is 0 Å². The van der Waals surface area contributed by atoms with Crippen LogP contribution in [0.2, 0.25) is 0 Å². The second-order valence-corrected chi connectivity index (χ2v) is 7.00. The smallest absolute Gasteiger partial charge is 0.216 e. The molecule has 1 aliphatic carbocycles. The second-order valence-electron chi connectivity index (χ2n) is 7.00. The van der Waals surface area contributed by atoms with Crippen LogP contribution in [0.3, 0.4) is 0 Å². The van der Waals surface area contributed by atoms with E-state index in [0.29, 0.717) is 18.5 Å². The van der Waals surface area contributed by atoms with Crippen LogP contribution in [-0.4, -0.2) is 36.2 Å². The van der Waals surface area contributed by atoms with E-state index in [-0.39, 0.29) is 35.0 Å². The molecule has 0 spiro atoms. The number of guanidine groups is 1. The summed E-state index contributed by atoms with van der Waals surface area (Å²) in [5, 5.41) is 6.80. The molecule has 0 aliphatic heterocycles. The lowest BCUT2D eigenvalue weighted by Crippen LogP contribution is -2.69. The van der Waals surface area contributed by atoms with Crippen molar-refractivity contribution < 1.29 is 9.15 Å². The molecule has 138 valence electrons. The Morgan fingerprint density at radius 2 is 2.04 bits per heavy atom. The predicted octanol–water partition coefficient (Wildman–Crippen LogP) is 3.17. The van der Waals surface area contributed by atoms with Crippen molar-refractivity contribution in [1.29, 1.82) is 0 Å². The molecule has 1 saturated carbocycles. The Balaban J connectivity index is 0.00000288. The molecule has 2 unspecified atom stereocenters.